The molecule has 102 valence electrons. The molecule has 0 radical (unpaired) electrons. The first-order chi connectivity index (χ1) is 8.99. The lowest BCUT2D eigenvalue weighted by Crippen LogP contribution is -2.11. The highest BCUT2D eigenvalue weighted by atomic mass is 16.5. The van der Waals surface area contributed by atoms with Crippen LogP contribution in [0.5, 0.6) is 11.5 Å². The summed E-state index contributed by atoms with van der Waals surface area (Å²) in [4.78, 5) is 23.2. The molecule has 0 amide bonds. The lowest BCUT2D eigenvalue weighted by Gasteiger charge is -2.12. The molecule has 0 heterocycles. The zero-order valence-corrected chi connectivity index (χ0v) is 11.1. The molecular weight excluding hydrogens is 248 g/mol. The van der Waals surface area contributed by atoms with Gasteiger partial charge in [-0.25, -0.2) is 0 Å². The number of carboxylic acids is 1. The van der Waals surface area contributed by atoms with Crippen molar-refractivity contribution in [2.24, 2.45) is 11.8 Å². The molecule has 0 aromatic heterocycles. The van der Waals surface area contributed by atoms with E-state index in [4.69, 9.17) is 14.6 Å². The summed E-state index contributed by atoms with van der Waals surface area (Å²) >= 11 is 0. The van der Waals surface area contributed by atoms with Crippen LogP contribution in [0.1, 0.15) is 22.3 Å². The monoisotopic (exact) mass is 264 g/mol. The van der Waals surface area contributed by atoms with Gasteiger partial charge in [-0.15, -0.1) is 0 Å². The van der Waals surface area contributed by atoms with Gasteiger partial charge >= 0.3 is 5.97 Å². The number of carbonyl (C=O) groups is 2. The molecule has 2 unspecified atom stereocenters. The second-order valence-corrected chi connectivity index (χ2v) is 4.67. The van der Waals surface area contributed by atoms with Crippen molar-refractivity contribution in [1.29, 1.82) is 0 Å². The van der Waals surface area contributed by atoms with Crippen molar-refractivity contribution < 1.29 is 24.2 Å². The Morgan fingerprint density at radius 2 is 1.89 bits per heavy atom. The quantitative estimate of drug-likeness (QED) is 0.822. The van der Waals surface area contributed by atoms with Crippen LogP contribution in [0, 0.1) is 18.8 Å². The van der Waals surface area contributed by atoms with Gasteiger partial charge in [-0.05, 0) is 25.0 Å². The van der Waals surface area contributed by atoms with Crippen molar-refractivity contribution >= 4 is 11.8 Å². The van der Waals surface area contributed by atoms with Gasteiger partial charge in [-0.1, -0.05) is 0 Å². The van der Waals surface area contributed by atoms with Gasteiger partial charge in [-0.2, -0.15) is 0 Å². The number of benzene rings is 1. The third-order valence-electron chi connectivity index (χ3n) is 3.42. The van der Waals surface area contributed by atoms with Crippen molar-refractivity contribution in [3.8, 4) is 11.5 Å². The highest BCUT2D eigenvalue weighted by molar-refractivity contribution is 6.05. The van der Waals surface area contributed by atoms with Gasteiger partial charge in [-0.3, -0.25) is 9.59 Å². The maximum absolute atomic E-state index is 12.3. The van der Waals surface area contributed by atoms with E-state index < -0.39 is 17.8 Å². The number of hydrogen-bond donors (Lipinski definition) is 1. The van der Waals surface area contributed by atoms with E-state index in [2.05, 4.69) is 0 Å². The molecule has 1 fully saturated rings. The molecule has 2 atom stereocenters. The summed E-state index contributed by atoms with van der Waals surface area (Å²) in [6.07, 6.45) is 0.406. The maximum Gasteiger partial charge on any atom is 0.307 e. The van der Waals surface area contributed by atoms with E-state index in [1.54, 1.807) is 19.1 Å². The highest BCUT2D eigenvalue weighted by Crippen LogP contribution is 2.43. The standard InChI is InChI=1S/C14H16O5/c1-7-4-8(18-2)5-11(19-3)12(7)13(15)9-6-10(9)14(16)17/h4-5,9-10H,6H2,1-3H3,(H,16,17). The summed E-state index contributed by atoms with van der Waals surface area (Å²) in [7, 11) is 3.02. The lowest BCUT2D eigenvalue weighted by molar-refractivity contribution is -0.138. The number of ether oxygens (including phenoxy) is 2. The molecule has 1 aromatic carbocycles. The number of carboxylic acid groups (broad SMARTS) is 1. The third-order valence-corrected chi connectivity index (χ3v) is 3.42. The molecule has 0 bridgehead atoms. The highest BCUT2D eigenvalue weighted by Gasteiger charge is 2.49. The molecule has 1 saturated carbocycles. The van der Waals surface area contributed by atoms with Crippen LogP contribution in [0.4, 0.5) is 0 Å². The van der Waals surface area contributed by atoms with Crippen LogP contribution >= 0.6 is 0 Å². The SMILES string of the molecule is COc1cc(C)c(C(=O)C2CC2C(=O)O)c(OC)c1. The predicted octanol–water partition coefficient (Wildman–Crippen LogP) is 1.92. The normalized spacial score (nSPS) is 20.8. The molecule has 5 nitrogen and oxygen atoms in total. The molecule has 1 N–H and O–H groups in total. The Morgan fingerprint density at radius 3 is 2.37 bits per heavy atom. The summed E-state index contributed by atoms with van der Waals surface area (Å²) in [5, 5.41) is 8.89. The first-order valence-electron chi connectivity index (χ1n) is 5.99. The van der Waals surface area contributed by atoms with Gasteiger partial charge in [0.05, 0.1) is 25.7 Å². The fourth-order valence-corrected chi connectivity index (χ4v) is 2.26. The summed E-state index contributed by atoms with van der Waals surface area (Å²) in [5.74, 6) is -1.03. The van der Waals surface area contributed by atoms with Gasteiger partial charge < -0.3 is 14.6 Å². The fraction of sp³-hybridized carbons (Fsp3) is 0.429. The largest absolute Gasteiger partial charge is 0.497 e. The number of hydrogen-bond acceptors (Lipinski definition) is 4. The van der Waals surface area contributed by atoms with E-state index >= 15 is 0 Å². The molecule has 2 rings (SSSR count). The number of methoxy groups -OCH3 is 2. The number of Topliss-reactive ketones (excluding diaryl/α,β-unsaturated/α-hetero) is 1. The van der Waals surface area contributed by atoms with Crippen molar-refractivity contribution in [3.63, 3.8) is 0 Å². The van der Waals surface area contributed by atoms with Crippen molar-refractivity contribution in [3.05, 3.63) is 23.3 Å². The summed E-state index contributed by atoms with van der Waals surface area (Å²) in [6.45, 7) is 1.79. The number of aliphatic carboxylic acids is 1. The summed E-state index contributed by atoms with van der Waals surface area (Å²) < 4.78 is 10.3. The second kappa shape index (κ2) is 4.91. The molecule has 1 aliphatic carbocycles. The average molecular weight is 264 g/mol. The van der Waals surface area contributed by atoms with Gasteiger partial charge in [0.1, 0.15) is 11.5 Å². The Labute approximate surface area is 111 Å². The molecular formula is C14H16O5. The molecule has 0 saturated heterocycles. The van der Waals surface area contributed by atoms with Crippen LogP contribution in [0.2, 0.25) is 0 Å². The van der Waals surface area contributed by atoms with E-state index in [9.17, 15) is 9.59 Å². The Hall–Kier alpha value is -2.04. The average Bonchev–Trinajstić information content (AvgIpc) is 3.17. The summed E-state index contributed by atoms with van der Waals surface area (Å²) in [5.41, 5.74) is 1.19. The predicted molar refractivity (Wildman–Crippen MR) is 67.8 cm³/mol. The van der Waals surface area contributed by atoms with Gasteiger partial charge in [0.15, 0.2) is 5.78 Å². The molecule has 1 aliphatic rings. The van der Waals surface area contributed by atoms with Crippen LogP contribution in [0.15, 0.2) is 12.1 Å². The first-order valence-corrected chi connectivity index (χ1v) is 5.99. The van der Waals surface area contributed by atoms with Crippen molar-refractivity contribution in [1.82, 2.24) is 0 Å². The first kappa shape index (κ1) is 13.4. The van der Waals surface area contributed by atoms with Gasteiger partial charge in [0, 0.05) is 12.0 Å². The van der Waals surface area contributed by atoms with E-state index in [0.29, 0.717) is 23.5 Å². The molecule has 1 aromatic rings. The molecule has 5 heteroatoms. The van der Waals surface area contributed by atoms with E-state index in [0.717, 1.165) is 5.56 Å². The minimum Gasteiger partial charge on any atom is -0.497 e. The second-order valence-electron chi connectivity index (χ2n) is 4.67. The number of carbonyl (C=O) groups excluding carboxylic acids is 1. The Balaban J connectivity index is 2.34. The third kappa shape index (κ3) is 2.41. The van der Waals surface area contributed by atoms with Crippen molar-refractivity contribution in [2.75, 3.05) is 14.2 Å². The van der Waals surface area contributed by atoms with Gasteiger partial charge in [0.2, 0.25) is 0 Å². The van der Waals surface area contributed by atoms with Crippen LogP contribution in [0.25, 0.3) is 0 Å². The number of ketones is 1. The Kier molecular flexibility index (Phi) is 3.46. The van der Waals surface area contributed by atoms with Gasteiger partial charge in [0.25, 0.3) is 0 Å². The van der Waals surface area contributed by atoms with Crippen LogP contribution in [-0.4, -0.2) is 31.1 Å². The van der Waals surface area contributed by atoms with E-state index in [1.165, 1.54) is 14.2 Å². The van der Waals surface area contributed by atoms with E-state index in [1.807, 2.05) is 0 Å². The Bertz CT molecular complexity index is 535. The molecule has 0 aliphatic heterocycles. The number of rotatable bonds is 5. The zero-order valence-electron chi connectivity index (χ0n) is 11.1. The molecule has 0 spiro atoms. The maximum atomic E-state index is 12.3. The topological polar surface area (TPSA) is 72.8 Å². The Morgan fingerprint density at radius 1 is 1.21 bits per heavy atom. The van der Waals surface area contributed by atoms with Crippen molar-refractivity contribution in [2.45, 2.75) is 13.3 Å². The lowest BCUT2D eigenvalue weighted by atomic mass is 9.99. The summed E-state index contributed by atoms with van der Waals surface area (Å²) in [6, 6.07) is 3.38. The minimum absolute atomic E-state index is 0.163. The van der Waals surface area contributed by atoms with Crippen LogP contribution in [0.3, 0.4) is 0 Å². The minimum atomic E-state index is -0.913. The zero-order chi connectivity index (χ0) is 14.2. The fourth-order valence-electron chi connectivity index (χ4n) is 2.26. The number of aryl methyl sites for hydroxylation is 1. The van der Waals surface area contributed by atoms with Crippen LogP contribution < -0.4 is 9.47 Å². The molecule has 19 heavy (non-hydrogen) atoms. The smallest absolute Gasteiger partial charge is 0.307 e. The van der Waals surface area contributed by atoms with Crippen LogP contribution in [-0.2, 0) is 4.79 Å². The van der Waals surface area contributed by atoms with E-state index in [-0.39, 0.29) is 5.78 Å².